The molecule has 10 heteroatoms. The van der Waals surface area contributed by atoms with Crippen molar-refractivity contribution >= 4 is 40.2 Å². The third-order valence-corrected chi connectivity index (χ3v) is 3.15. The van der Waals surface area contributed by atoms with E-state index in [4.69, 9.17) is 5.11 Å². The van der Waals surface area contributed by atoms with Gasteiger partial charge in [-0.1, -0.05) is 23.9 Å². The fourth-order valence-electron chi connectivity index (χ4n) is 1.91. The van der Waals surface area contributed by atoms with E-state index >= 15 is 0 Å². The fourth-order valence-corrected chi connectivity index (χ4v) is 1.91. The van der Waals surface area contributed by atoms with Gasteiger partial charge in [0.1, 0.15) is 5.52 Å². The molecular formula is C14H13MgN4O5+. The van der Waals surface area contributed by atoms with Crippen LogP contribution in [0.2, 0.25) is 0 Å². The predicted molar refractivity (Wildman–Crippen MR) is 85.2 cm³/mol. The molecule has 3 rings (SSSR count). The standard InChI is InChI=1S/C7H8N4O2.C7H6O3.Mg/c1-10-5-4(8-3-9-5)6(12)11(2)7(10)13;8-6-4-2-1-3-5(6)7(9)10;/h3H,1-2H3,(H,8,9);1-4,8H,(H,9,10);/q;;+2/p-1. The molecule has 24 heavy (non-hydrogen) atoms. The van der Waals surface area contributed by atoms with Gasteiger partial charge in [0.15, 0.2) is 5.65 Å². The number of hydrogen-bond acceptors (Lipinski definition) is 5. The third kappa shape index (κ3) is 3.66. The number of carboxylic acid groups (broad SMARTS) is 1. The molecule has 1 aromatic carbocycles. The minimum Gasteiger partial charge on any atom is -0.872 e. The molecule has 0 unspecified atom stereocenters. The maximum absolute atomic E-state index is 11.4. The first-order valence-electron chi connectivity index (χ1n) is 6.43. The Bertz CT molecular complexity index is 989. The number of aromatic carboxylic acids is 1. The molecular weight excluding hydrogens is 328 g/mol. The zero-order valence-corrected chi connectivity index (χ0v) is 14.4. The number of nitrogens with one attached hydrogen (secondary N) is 1. The van der Waals surface area contributed by atoms with Crippen molar-refractivity contribution in [2.75, 3.05) is 0 Å². The molecule has 0 spiro atoms. The van der Waals surface area contributed by atoms with Crippen molar-refractivity contribution in [1.82, 2.24) is 19.1 Å². The quantitative estimate of drug-likeness (QED) is 0.548. The van der Waals surface area contributed by atoms with E-state index in [-0.39, 0.29) is 39.9 Å². The number of nitrogens with zero attached hydrogens (tertiary/aromatic N) is 3. The molecule has 0 radical (unpaired) electrons. The molecule has 2 heterocycles. The Morgan fingerprint density at radius 2 is 1.83 bits per heavy atom. The number of carbonyl (C=O) groups is 1. The summed E-state index contributed by atoms with van der Waals surface area (Å²) < 4.78 is 2.37. The molecule has 2 aromatic heterocycles. The molecule has 0 amide bonds. The molecule has 2 N–H and O–H groups in total. The van der Waals surface area contributed by atoms with E-state index in [0.717, 1.165) is 4.57 Å². The number of aryl methyl sites for hydroxylation is 1. The van der Waals surface area contributed by atoms with Crippen molar-refractivity contribution < 1.29 is 15.0 Å². The summed E-state index contributed by atoms with van der Waals surface area (Å²) in [5, 5.41) is 19.0. The topological polar surface area (TPSA) is 133 Å². The van der Waals surface area contributed by atoms with E-state index in [1.165, 1.54) is 42.2 Å². The minimum absolute atomic E-state index is 0. The van der Waals surface area contributed by atoms with Crippen LogP contribution in [0.15, 0.2) is 40.2 Å². The van der Waals surface area contributed by atoms with Gasteiger partial charge in [-0.25, -0.2) is 14.6 Å². The molecule has 0 aliphatic heterocycles. The summed E-state index contributed by atoms with van der Waals surface area (Å²) in [6, 6.07) is 5.54. The molecule has 9 nitrogen and oxygen atoms in total. The first-order chi connectivity index (χ1) is 10.8. The van der Waals surface area contributed by atoms with Gasteiger partial charge in [-0.3, -0.25) is 13.9 Å². The van der Waals surface area contributed by atoms with Crippen LogP contribution in [0.25, 0.3) is 11.2 Å². The van der Waals surface area contributed by atoms with Crippen LogP contribution in [0.4, 0.5) is 0 Å². The number of imidazole rings is 1. The minimum atomic E-state index is -1.18. The normalized spacial score (nSPS) is 9.75. The largest absolute Gasteiger partial charge is 2.00 e. The summed E-state index contributed by atoms with van der Waals surface area (Å²) >= 11 is 0. The number of para-hydroxylation sites is 1. The van der Waals surface area contributed by atoms with Gasteiger partial charge in [0.05, 0.1) is 11.9 Å². The average molecular weight is 342 g/mol. The number of fused-ring (bicyclic) bond motifs is 1. The third-order valence-electron chi connectivity index (χ3n) is 3.15. The second-order valence-corrected chi connectivity index (χ2v) is 4.61. The zero-order chi connectivity index (χ0) is 17.1. The maximum Gasteiger partial charge on any atom is 2.00 e. The van der Waals surface area contributed by atoms with E-state index in [1.54, 1.807) is 7.05 Å². The van der Waals surface area contributed by atoms with Gasteiger partial charge < -0.3 is 15.2 Å². The van der Waals surface area contributed by atoms with E-state index in [0.29, 0.717) is 11.2 Å². The van der Waals surface area contributed by atoms with E-state index < -0.39 is 11.7 Å². The summed E-state index contributed by atoms with van der Waals surface area (Å²) in [6.07, 6.45) is 1.39. The smallest absolute Gasteiger partial charge is 0.872 e. The predicted octanol–water partition coefficient (Wildman–Crippen LogP) is -0.962. The summed E-state index contributed by atoms with van der Waals surface area (Å²) in [5.41, 5.74) is -0.166. The molecule has 0 aliphatic carbocycles. The molecule has 3 aromatic rings. The Labute approximate surface area is 151 Å². The van der Waals surface area contributed by atoms with Crippen LogP contribution in [0.3, 0.4) is 0 Å². The SMILES string of the molecule is Cn1c(=O)c2[nH]cnc2n(C)c1=O.O=C(O)c1ccccc1[O-].[Mg+2]. The van der Waals surface area contributed by atoms with Crippen molar-refractivity contribution in [2.24, 2.45) is 14.1 Å². The van der Waals surface area contributed by atoms with Gasteiger partial charge in [0, 0.05) is 14.1 Å². The average Bonchev–Trinajstić information content (AvgIpc) is 3.01. The van der Waals surface area contributed by atoms with Crippen molar-refractivity contribution in [3.63, 3.8) is 0 Å². The van der Waals surface area contributed by atoms with Crippen molar-refractivity contribution in [3.8, 4) is 5.75 Å². The Hall–Kier alpha value is -2.59. The summed E-state index contributed by atoms with van der Waals surface area (Å²) in [6.45, 7) is 0. The van der Waals surface area contributed by atoms with Gasteiger partial charge in [0.2, 0.25) is 0 Å². The van der Waals surface area contributed by atoms with Crippen molar-refractivity contribution in [3.05, 3.63) is 57.0 Å². The monoisotopic (exact) mass is 341 g/mol. The summed E-state index contributed by atoms with van der Waals surface area (Å²) in [7, 11) is 3.01. The van der Waals surface area contributed by atoms with Gasteiger partial charge in [0.25, 0.3) is 5.56 Å². The van der Waals surface area contributed by atoms with Gasteiger partial charge in [-0.05, 0) is 6.07 Å². The van der Waals surface area contributed by atoms with Crippen LogP contribution < -0.4 is 16.4 Å². The number of aromatic nitrogens is 4. The maximum atomic E-state index is 11.4. The number of H-pyrrole nitrogens is 1. The van der Waals surface area contributed by atoms with Gasteiger partial charge in [-0.15, -0.1) is 0 Å². The Balaban J connectivity index is 0.000000238. The van der Waals surface area contributed by atoms with Crippen LogP contribution in [-0.4, -0.2) is 53.2 Å². The number of aromatic amines is 1. The zero-order valence-electron chi connectivity index (χ0n) is 13.0. The van der Waals surface area contributed by atoms with Gasteiger partial charge in [-0.2, -0.15) is 0 Å². The van der Waals surface area contributed by atoms with E-state index in [2.05, 4.69) is 9.97 Å². The van der Waals surface area contributed by atoms with E-state index in [9.17, 15) is 19.5 Å². The Morgan fingerprint density at radius 1 is 1.21 bits per heavy atom. The Kier molecular flexibility index (Phi) is 6.32. The number of benzene rings is 1. The van der Waals surface area contributed by atoms with Crippen molar-refractivity contribution in [1.29, 1.82) is 0 Å². The molecule has 0 saturated carbocycles. The Morgan fingerprint density at radius 3 is 2.38 bits per heavy atom. The molecule has 0 bridgehead atoms. The number of hydrogen-bond donors (Lipinski definition) is 2. The first-order valence-corrected chi connectivity index (χ1v) is 6.43. The van der Waals surface area contributed by atoms with Crippen LogP contribution in [0.5, 0.6) is 5.75 Å². The number of rotatable bonds is 1. The second-order valence-electron chi connectivity index (χ2n) is 4.61. The van der Waals surface area contributed by atoms with Crippen LogP contribution in [-0.2, 0) is 14.1 Å². The first kappa shape index (κ1) is 19.5. The summed E-state index contributed by atoms with van der Waals surface area (Å²) in [4.78, 5) is 39.6. The van der Waals surface area contributed by atoms with Crippen LogP contribution >= 0.6 is 0 Å². The molecule has 0 atom stereocenters. The fraction of sp³-hybridized carbons (Fsp3) is 0.143. The molecule has 120 valence electrons. The summed E-state index contributed by atoms with van der Waals surface area (Å²) in [5.74, 6) is -1.62. The molecule has 0 aliphatic rings. The molecule has 0 fully saturated rings. The number of carboxylic acids is 1. The van der Waals surface area contributed by atoms with Crippen molar-refractivity contribution in [2.45, 2.75) is 0 Å². The van der Waals surface area contributed by atoms with Crippen LogP contribution in [0, 0.1) is 0 Å². The van der Waals surface area contributed by atoms with Gasteiger partial charge >= 0.3 is 34.7 Å². The molecule has 0 saturated heterocycles. The second kappa shape index (κ2) is 7.79. The van der Waals surface area contributed by atoms with Crippen LogP contribution in [0.1, 0.15) is 10.4 Å². The van der Waals surface area contributed by atoms with E-state index in [1.807, 2.05) is 0 Å².